The van der Waals surface area contributed by atoms with Crippen molar-refractivity contribution in [3.05, 3.63) is 146 Å². The minimum Gasteiger partial charge on any atom is -0.309 e. The van der Waals surface area contributed by atoms with Gasteiger partial charge in [-0.1, -0.05) is 129 Å². The van der Waals surface area contributed by atoms with Crippen LogP contribution in [0.25, 0.3) is 64.9 Å². The second kappa shape index (κ2) is 8.48. The van der Waals surface area contributed by atoms with Crippen LogP contribution in [-0.4, -0.2) is 4.57 Å². The van der Waals surface area contributed by atoms with Gasteiger partial charge < -0.3 is 4.57 Å². The zero-order valence-corrected chi connectivity index (χ0v) is 21.6. The van der Waals surface area contributed by atoms with Gasteiger partial charge in [0.1, 0.15) is 0 Å². The first-order valence-corrected chi connectivity index (χ1v) is 14.4. The topological polar surface area (TPSA) is 4.93 Å². The highest BCUT2D eigenvalue weighted by atomic mass is 31.1. The Balaban J connectivity index is 1.48. The normalized spacial score (nSPS) is 12.2. The van der Waals surface area contributed by atoms with Crippen LogP contribution in [0, 0.1) is 0 Å². The Morgan fingerprint density at radius 3 is 1.95 bits per heavy atom. The van der Waals surface area contributed by atoms with E-state index in [1.54, 1.807) is 0 Å². The largest absolute Gasteiger partial charge is 0.309 e. The Kier molecular flexibility index (Phi) is 4.80. The van der Waals surface area contributed by atoms with Gasteiger partial charge in [-0.3, -0.25) is 0 Å². The highest BCUT2D eigenvalue weighted by Gasteiger charge is 2.18. The third-order valence-electron chi connectivity index (χ3n) is 7.71. The van der Waals surface area contributed by atoms with Gasteiger partial charge >= 0.3 is 0 Å². The highest BCUT2D eigenvalue weighted by molar-refractivity contribution is 7.68. The number of para-hydroxylation sites is 2. The van der Waals surface area contributed by atoms with Crippen molar-refractivity contribution in [2.24, 2.45) is 0 Å². The maximum atomic E-state index is 2.41. The lowest BCUT2D eigenvalue weighted by atomic mass is 10.0. The predicted octanol–water partition coefficient (Wildman–Crippen LogP) is 10.7. The number of rotatable bonds is 3. The molecule has 0 amide bonds. The van der Waals surface area contributed by atoms with Gasteiger partial charge in [0, 0.05) is 26.7 Å². The van der Waals surface area contributed by atoms with E-state index in [-0.39, 0.29) is 0 Å². The van der Waals surface area contributed by atoms with Crippen molar-refractivity contribution in [3.63, 3.8) is 0 Å². The van der Waals surface area contributed by atoms with Crippen LogP contribution in [0.3, 0.4) is 0 Å². The second-order valence-electron chi connectivity index (χ2n) is 9.81. The summed E-state index contributed by atoms with van der Waals surface area (Å²) in [6.07, 6.45) is 0. The molecule has 0 N–H and O–H groups in total. The van der Waals surface area contributed by atoms with Crippen LogP contribution < -0.4 is 0 Å². The van der Waals surface area contributed by atoms with Gasteiger partial charge in [0.2, 0.25) is 0 Å². The fourth-order valence-corrected chi connectivity index (χ4v) is 8.89. The molecule has 1 nitrogen and oxygen atoms in total. The van der Waals surface area contributed by atoms with Gasteiger partial charge in [0.15, 0.2) is 0 Å². The standard InChI is InChI=1S/C36H24NP/c1-3-12-26(13-4-1)37-33-20-9-7-16-29(33)30-23-22-25(24-34(30)37)28-18-11-19-32-31-17-8-10-21-35(31)38(36(28)32)27-14-5-2-6-15-27/h1-24H. The molecule has 2 heterocycles. The van der Waals surface area contributed by atoms with Gasteiger partial charge in [0.05, 0.1) is 11.0 Å². The van der Waals surface area contributed by atoms with Crippen molar-refractivity contribution in [3.8, 4) is 22.1 Å². The SMILES string of the molecule is c1ccc(-n2c3ccccc3c3ccc(-c4cccc5c6ccccc6p(-c6ccccc6)c45)cc32)cc1. The molecule has 0 saturated heterocycles. The van der Waals surface area contributed by atoms with Crippen molar-refractivity contribution < 1.29 is 0 Å². The van der Waals surface area contributed by atoms with E-state index < -0.39 is 7.53 Å². The van der Waals surface area contributed by atoms with Crippen LogP contribution in [0.2, 0.25) is 0 Å². The van der Waals surface area contributed by atoms with Crippen LogP contribution in [-0.2, 0) is 0 Å². The lowest BCUT2D eigenvalue weighted by molar-refractivity contribution is 1.18. The molecule has 2 heteroatoms. The van der Waals surface area contributed by atoms with E-state index in [0.717, 1.165) is 0 Å². The van der Waals surface area contributed by atoms with E-state index in [0.29, 0.717) is 0 Å². The average Bonchev–Trinajstić information content (AvgIpc) is 3.51. The number of hydrogen-bond acceptors (Lipinski definition) is 0. The first kappa shape index (κ1) is 21.5. The Labute approximate surface area is 222 Å². The van der Waals surface area contributed by atoms with Crippen molar-refractivity contribution in [1.29, 1.82) is 0 Å². The van der Waals surface area contributed by atoms with E-state index in [2.05, 4.69) is 150 Å². The summed E-state index contributed by atoms with van der Waals surface area (Å²) in [6, 6.07) is 53.4. The molecule has 38 heavy (non-hydrogen) atoms. The maximum absolute atomic E-state index is 2.41. The molecule has 0 saturated carbocycles. The van der Waals surface area contributed by atoms with E-state index in [4.69, 9.17) is 0 Å². The molecule has 178 valence electrons. The minimum atomic E-state index is -0.637. The Morgan fingerprint density at radius 2 is 1.11 bits per heavy atom. The first-order valence-electron chi connectivity index (χ1n) is 13.0. The van der Waals surface area contributed by atoms with Crippen molar-refractivity contribution >= 4 is 50.3 Å². The van der Waals surface area contributed by atoms with Gasteiger partial charge in [-0.05, 0) is 51.5 Å². The summed E-state index contributed by atoms with van der Waals surface area (Å²) < 4.78 is 2.41. The molecule has 0 aliphatic heterocycles. The molecule has 8 aromatic rings. The smallest absolute Gasteiger partial charge is 0.0547 e. The van der Waals surface area contributed by atoms with E-state index in [1.807, 2.05) is 0 Å². The molecule has 2 aromatic heterocycles. The average molecular weight is 502 g/mol. The van der Waals surface area contributed by atoms with Crippen molar-refractivity contribution in [2.45, 2.75) is 0 Å². The molecule has 0 aliphatic carbocycles. The Morgan fingerprint density at radius 1 is 0.447 bits per heavy atom. The Bertz CT molecular complexity index is 2110. The third kappa shape index (κ3) is 3.13. The number of benzene rings is 6. The summed E-state index contributed by atoms with van der Waals surface area (Å²) in [7, 11) is -0.637. The number of nitrogens with zero attached hydrogens (tertiary/aromatic N) is 1. The zero-order valence-electron chi connectivity index (χ0n) is 20.8. The number of hydrogen-bond donors (Lipinski definition) is 0. The fourth-order valence-electron chi connectivity index (χ4n) is 6.09. The summed E-state index contributed by atoms with van der Waals surface area (Å²) in [5.74, 6) is 0. The van der Waals surface area contributed by atoms with Gasteiger partial charge in [-0.2, -0.15) is 0 Å². The summed E-state index contributed by atoms with van der Waals surface area (Å²) in [6.45, 7) is 0. The van der Waals surface area contributed by atoms with E-state index in [9.17, 15) is 0 Å². The third-order valence-corrected chi connectivity index (χ3v) is 10.3. The van der Waals surface area contributed by atoms with Gasteiger partial charge in [0.25, 0.3) is 0 Å². The number of aromatic nitrogens is 1. The van der Waals surface area contributed by atoms with E-state index >= 15 is 0 Å². The zero-order chi connectivity index (χ0) is 25.1. The van der Waals surface area contributed by atoms with Crippen LogP contribution in [0.1, 0.15) is 0 Å². The maximum Gasteiger partial charge on any atom is 0.0547 e. The predicted molar refractivity (Wildman–Crippen MR) is 165 cm³/mol. The molecular weight excluding hydrogens is 477 g/mol. The Hall–Kier alpha value is -4.58. The lowest BCUT2D eigenvalue weighted by Gasteiger charge is -2.11. The fraction of sp³-hybridized carbons (Fsp3) is 0. The quantitative estimate of drug-likeness (QED) is 0.227. The van der Waals surface area contributed by atoms with Crippen LogP contribution in [0.15, 0.2) is 146 Å². The highest BCUT2D eigenvalue weighted by Crippen LogP contribution is 2.57. The van der Waals surface area contributed by atoms with Crippen molar-refractivity contribution in [1.82, 2.24) is 4.57 Å². The molecule has 8 rings (SSSR count). The summed E-state index contributed by atoms with van der Waals surface area (Å²) >= 11 is 0. The summed E-state index contributed by atoms with van der Waals surface area (Å²) in [5.41, 5.74) is 6.27. The monoisotopic (exact) mass is 501 g/mol. The molecule has 0 radical (unpaired) electrons. The summed E-state index contributed by atoms with van der Waals surface area (Å²) in [5, 5.41) is 9.65. The second-order valence-corrected chi connectivity index (χ2v) is 11.9. The lowest BCUT2D eigenvalue weighted by Crippen LogP contribution is -1.93. The molecule has 1 atom stereocenters. The molecule has 1 unspecified atom stereocenters. The van der Waals surface area contributed by atoms with Crippen LogP contribution in [0.4, 0.5) is 0 Å². The molecule has 0 bridgehead atoms. The van der Waals surface area contributed by atoms with E-state index in [1.165, 1.54) is 64.9 Å². The number of fused-ring (bicyclic) bond motifs is 6. The van der Waals surface area contributed by atoms with Crippen LogP contribution in [0.5, 0.6) is 0 Å². The molecule has 0 spiro atoms. The molecule has 0 fully saturated rings. The summed E-state index contributed by atoms with van der Waals surface area (Å²) in [4.78, 5) is 0. The molecule has 0 aliphatic rings. The minimum absolute atomic E-state index is 0.637. The van der Waals surface area contributed by atoms with Gasteiger partial charge in [-0.15, -0.1) is 0 Å². The molecule has 6 aromatic carbocycles. The van der Waals surface area contributed by atoms with Crippen LogP contribution >= 0.6 is 7.53 Å². The molecular formula is C36H24NP. The first-order chi connectivity index (χ1) is 18.9. The van der Waals surface area contributed by atoms with Crippen molar-refractivity contribution in [2.75, 3.05) is 0 Å². The van der Waals surface area contributed by atoms with Gasteiger partial charge in [-0.25, -0.2) is 0 Å².